The Morgan fingerprint density at radius 2 is 1.49 bits per heavy atom. The molecule has 0 spiro atoms. The van der Waals surface area contributed by atoms with Crippen LogP contribution in [0.15, 0.2) is 54.7 Å². The number of carbonyl (C=O) groups excluding carboxylic acids is 2. The van der Waals surface area contributed by atoms with Crippen molar-refractivity contribution in [1.29, 1.82) is 0 Å². The molecule has 0 radical (unpaired) electrons. The van der Waals surface area contributed by atoms with Crippen LogP contribution in [0.4, 0.5) is 13.2 Å². The van der Waals surface area contributed by atoms with E-state index in [0.717, 1.165) is 51.6 Å². The van der Waals surface area contributed by atoms with Gasteiger partial charge in [-0.2, -0.15) is 21.6 Å². The number of hydrogen-bond acceptors (Lipinski definition) is 5. The maximum absolute atomic E-state index is 13.3. The number of benzene rings is 2. The van der Waals surface area contributed by atoms with Crippen LogP contribution in [0.2, 0.25) is 0 Å². The molecule has 9 nitrogen and oxygen atoms in total. The second-order valence-corrected chi connectivity index (χ2v) is 12.2. The normalized spacial score (nSPS) is 17.7. The number of nitrogens with two attached hydrogens (primary N) is 1. The number of carbonyl (C=O) groups is 2. The van der Waals surface area contributed by atoms with Gasteiger partial charge in [0.25, 0.3) is 11.8 Å². The number of alkyl halides is 3. The Morgan fingerprint density at radius 1 is 0.951 bits per heavy atom. The number of hydrogen-bond donors (Lipinski definition) is 3. The van der Waals surface area contributed by atoms with Gasteiger partial charge in [0, 0.05) is 64.0 Å². The maximum atomic E-state index is 13.3. The van der Waals surface area contributed by atoms with E-state index in [1.54, 1.807) is 0 Å². The van der Waals surface area contributed by atoms with Crippen molar-refractivity contribution >= 4 is 54.9 Å². The van der Waals surface area contributed by atoms with Gasteiger partial charge in [0.15, 0.2) is 0 Å². The molecule has 2 aromatic heterocycles. The van der Waals surface area contributed by atoms with Gasteiger partial charge in [-0.3, -0.25) is 19.5 Å². The third-order valence-corrected chi connectivity index (χ3v) is 8.20. The molecule has 4 aromatic rings. The molecule has 4 N–H and O–H groups in total. The van der Waals surface area contributed by atoms with Crippen molar-refractivity contribution in [3.05, 3.63) is 71.5 Å². The minimum atomic E-state index is -5.84. The topological polar surface area (TPSA) is 136 Å². The highest BCUT2D eigenvalue weighted by molar-refractivity contribution is 7.86. The highest BCUT2D eigenvalue weighted by atomic mass is 32.2. The smallest absolute Gasteiger partial charge is 0.350 e. The minimum Gasteiger partial charge on any atom is -0.350 e. The summed E-state index contributed by atoms with van der Waals surface area (Å²) in [6.45, 7) is 4.91. The summed E-state index contributed by atoms with van der Waals surface area (Å²) in [7, 11) is -3.88. The summed E-state index contributed by atoms with van der Waals surface area (Å²) in [5, 5.41) is 4.54. The zero-order valence-electron chi connectivity index (χ0n) is 22.3. The van der Waals surface area contributed by atoms with Crippen LogP contribution in [0.5, 0.6) is 0 Å². The quantitative estimate of drug-likeness (QED) is 0.188. The largest absolute Gasteiger partial charge is 0.522 e. The number of aromatic nitrogens is 2. The molecule has 0 fully saturated rings. The molecule has 4 heterocycles. The Balaban J connectivity index is 0.000000372. The van der Waals surface area contributed by atoms with Crippen LogP contribution < -0.4 is 11.1 Å². The molecule has 0 bridgehead atoms. The van der Waals surface area contributed by atoms with Crippen LogP contribution in [0.1, 0.15) is 30.7 Å². The molecule has 216 valence electrons. The van der Waals surface area contributed by atoms with Gasteiger partial charge in [-0.25, -0.2) is 0 Å². The number of amides is 2. The molecule has 1 atom stereocenters. The Morgan fingerprint density at radius 3 is 2.07 bits per heavy atom. The van der Waals surface area contributed by atoms with Crippen molar-refractivity contribution in [3.8, 4) is 0 Å². The molecule has 0 saturated carbocycles. The summed E-state index contributed by atoms with van der Waals surface area (Å²) in [5.41, 5.74) is 6.35. The maximum Gasteiger partial charge on any atom is 0.522 e. The molecule has 0 aliphatic carbocycles. The van der Waals surface area contributed by atoms with E-state index in [2.05, 4.69) is 29.8 Å². The van der Waals surface area contributed by atoms with E-state index in [1.807, 2.05) is 60.3 Å². The average molecular weight is 589 g/mol. The lowest BCUT2D eigenvalue weighted by atomic mass is 9.85. The second kappa shape index (κ2) is 9.57. The standard InChI is InChI=1S/C27H26N4O2.CHF3O3S/c1-27(2,28)15-12-21-22(17-9-5-7-11-20(17)31(21)13-15)24-23(25(32)29-26(24)33)18-14-30(3)19-10-6-4-8-16(18)19;2-1(3,4)8(5,6)7/h4-11,14-15H,12-13,28H2,1-3H3,(H,29,32,33);(H,5,6,7). The van der Waals surface area contributed by atoms with E-state index >= 15 is 0 Å². The van der Waals surface area contributed by atoms with Gasteiger partial charge in [0.05, 0.1) is 11.1 Å². The molecule has 2 amide bonds. The number of rotatable bonds is 3. The van der Waals surface area contributed by atoms with Gasteiger partial charge in [0.1, 0.15) is 0 Å². The molecule has 6 rings (SSSR count). The van der Waals surface area contributed by atoms with E-state index < -0.39 is 15.6 Å². The summed E-state index contributed by atoms with van der Waals surface area (Å²) in [4.78, 5) is 26.5. The van der Waals surface area contributed by atoms with E-state index in [0.29, 0.717) is 11.1 Å². The van der Waals surface area contributed by atoms with Crippen LogP contribution in [0.3, 0.4) is 0 Å². The molecule has 2 aromatic carbocycles. The van der Waals surface area contributed by atoms with Gasteiger partial charge < -0.3 is 14.9 Å². The van der Waals surface area contributed by atoms with Crippen LogP contribution >= 0.6 is 0 Å². The van der Waals surface area contributed by atoms with Crippen LogP contribution in [0, 0.1) is 5.92 Å². The third kappa shape index (κ3) is 4.83. The monoisotopic (exact) mass is 588 g/mol. The van der Waals surface area contributed by atoms with Gasteiger partial charge in [-0.15, -0.1) is 0 Å². The summed E-state index contributed by atoms with van der Waals surface area (Å²) in [5.74, 6) is -0.431. The SMILES string of the molecule is Cn1cc(C2=C(c3c4n(c5ccccc35)CC(C(C)(C)N)C4)C(=O)NC2=O)c2ccccc21.O=S(=O)(O)C(F)(F)F. The molecule has 1 unspecified atom stereocenters. The predicted octanol–water partition coefficient (Wildman–Crippen LogP) is 4.00. The number of aryl methyl sites for hydroxylation is 1. The van der Waals surface area contributed by atoms with Crippen LogP contribution in [-0.2, 0) is 39.7 Å². The third-order valence-electron chi connectivity index (χ3n) is 7.61. The van der Waals surface area contributed by atoms with E-state index in [4.69, 9.17) is 18.7 Å². The lowest BCUT2D eigenvalue weighted by Crippen LogP contribution is -2.41. The number of imide groups is 1. The van der Waals surface area contributed by atoms with Gasteiger partial charge in [-0.1, -0.05) is 36.4 Å². The first-order valence-corrected chi connectivity index (χ1v) is 14.0. The fourth-order valence-electron chi connectivity index (χ4n) is 5.56. The molecule has 2 aliphatic rings. The predicted molar refractivity (Wildman–Crippen MR) is 148 cm³/mol. The van der Waals surface area contributed by atoms with Gasteiger partial charge in [-0.05, 0) is 38.3 Å². The molecule has 41 heavy (non-hydrogen) atoms. The molecular formula is C28H27F3N4O5S. The summed E-state index contributed by atoms with van der Waals surface area (Å²) in [6, 6.07) is 16.1. The summed E-state index contributed by atoms with van der Waals surface area (Å²) in [6.07, 6.45) is 2.71. The van der Waals surface area contributed by atoms with Crippen molar-refractivity contribution in [2.45, 2.75) is 37.9 Å². The Hall–Kier alpha value is -3.94. The molecule has 0 saturated heterocycles. The first-order chi connectivity index (χ1) is 19.0. The lowest BCUT2D eigenvalue weighted by molar-refractivity contribution is -0.122. The Labute approximate surface area is 233 Å². The van der Waals surface area contributed by atoms with Crippen LogP contribution in [-0.4, -0.2) is 45.0 Å². The number of nitrogens with zero attached hydrogens (tertiary/aromatic N) is 2. The van der Waals surface area contributed by atoms with Crippen molar-refractivity contribution < 1.29 is 35.7 Å². The number of fused-ring (bicyclic) bond motifs is 4. The van der Waals surface area contributed by atoms with Crippen molar-refractivity contribution in [1.82, 2.24) is 14.5 Å². The lowest BCUT2D eigenvalue weighted by Gasteiger charge is -2.26. The number of halogens is 3. The minimum absolute atomic E-state index is 0.248. The molecular weight excluding hydrogens is 561 g/mol. The fraction of sp³-hybridized carbons (Fsp3) is 0.286. The van der Waals surface area contributed by atoms with Crippen molar-refractivity contribution in [2.75, 3.05) is 0 Å². The van der Waals surface area contributed by atoms with Crippen molar-refractivity contribution in [3.63, 3.8) is 0 Å². The van der Waals surface area contributed by atoms with E-state index in [-0.39, 0.29) is 23.3 Å². The molecule has 2 aliphatic heterocycles. The second-order valence-electron chi connectivity index (χ2n) is 10.8. The summed E-state index contributed by atoms with van der Waals surface area (Å²) >= 11 is 0. The Bertz CT molecular complexity index is 1880. The van der Waals surface area contributed by atoms with Gasteiger partial charge in [0.2, 0.25) is 0 Å². The van der Waals surface area contributed by atoms with E-state index in [9.17, 15) is 22.8 Å². The molecule has 13 heteroatoms. The highest BCUT2D eigenvalue weighted by Crippen LogP contribution is 2.44. The average Bonchev–Trinajstić information content (AvgIpc) is 3.59. The van der Waals surface area contributed by atoms with E-state index in [1.165, 1.54) is 0 Å². The fourth-order valence-corrected chi connectivity index (χ4v) is 5.56. The number of nitrogens with one attached hydrogen (secondary N) is 1. The first kappa shape index (κ1) is 28.6. The van der Waals surface area contributed by atoms with Crippen molar-refractivity contribution in [2.24, 2.45) is 18.7 Å². The highest BCUT2D eigenvalue weighted by Gasteiger charge is 2.44. The first-order valence-electron chi connectivity index (χ1n) is 12.6. The number of para-hydroxylation sites is 2. The summed E-state index contributed by atoms with van der Waals surface area (Å²) < 4.78 is 61.8. The Kier molecular flexibility index (Phi) is 6.67. The van der Waals surface area contributed by atoms with Gasteiger partial charge >= 0.3 is 15.6 Å². The van der Waals surface area contributed by atoms with Crippen LogP contribution in [0.25, 0.3) is 33.0 Å². The zero-order chi connectivity index (χ0) is 30.1. The zero-order valence-corrected chi connectivity index (χ0v) is 23.1.